The van der Waals surface area contributed by atoms with Crippen LogP contribution in [0.1, 0.15) is 0 Å². The van der Waals surface area contributed by atoms with Crippen LogP contribution >= 0.6 is 15.9 Å². The highest BCUT2D eigenvalue weighted by molar-refractivity contribution is 9.10. The van der Waals surface area contributed by atoms with Crippen molar-refractivity contribution in [1.29, 1.82) is 0 Å². The number of nitrogens with zero attached hydrogens (tertiary/aromatic N) is 1. The molecule has 1 N–H and O–H groups in total. The molecule has 1 heterocycles. The molecule has 5 heteroatoms. The minimum Gasteiger partial charge on any atom is -0.301 e. The van der Waals surface area contributed by atoms with Crippen LogP contribution in [0.2, 0.25) is 0 Å². The van der Waals surface area contributed by atoms with E-state index in [1.165, 1.54) is 12.3 Å². The number of aromatic nitrogens is 1. The maximum Gasteiger partial charge on any atom is 0.205 e. The SMILES string of the molecule is O=S(O)c1cc(Br)ccn1. The molecule has 3 nitrogen and oxygen atoms in total. The Kier molecular flexibility index (Phi) is 2.53. The lowest BCUT2D eigenvalue weighted by Gasteiger charge is -1.92. The molecular formula is C5H4BrNO2S. The highest BCUT2D eigenvalue weighted by atomic mass is 79.9. The highest BCUT2D eigenvalue weighted by Gasteiger charge is 1.99. The van der Waals surface area contributed by atoms with Gasteiger partial charge >= 0.3 is 0 Å². The Balaban J connectivity index is 3.07. The number of rotatable bonds is 1. The van der Waals surface area contributed by atoms with Crippen LogP contribution in [0.25, 0.3) is 0 Å². The second-order valence-electron chi connectivity index (χ2n) is 1.56. The van der Waals surface area contributed by atoms with Crippen molar-refractivity contribution in [3.8, 4) is 0 Å². The van der Waals surface area contributed by atoms with E-state index in [2.05, 4.69) is 20.9 Å². The van der Waals surface area contributed by atoms with E-state index in [0.29, 0.717) is 0 Å². The molecule has 0 amide bonds. The van der Waals surface area contributed by atoms with E-state index in [0.717, 1.165) is 4.47 Å². The zero-order valence-electron chi connectivity index (χ0n) is 4.82. The zero-order chi connectivity index (χ0) is 7.56. The topological polar surface area (TPSA) is 50.2 Å². The van der Waals surface area contributed by atoms with Gasteiger partial charge in [0.15, 0.2) is 5.03 Å². The maximum absolute atomic E-state index is 10.4. The van der Waals surface area contributed by atoms with E-state index in [9.17, 15) is 4.21 Å². The summed E-state index contributed by atoms with van der Waals surface area (Å²) in [5, 5.41) is 0.161. The van der Waals surface area contributed by atoms with Gasteiger partial charge in [0, 0.05) is 10.7 Å². The summed E-state index contributed by atoms with van der Waals surface area (Å²) in [7, 11) is 0. The van der Waals surface area contributed by atoms with Gasteiger partial charge < -0.3 is 4.55 Å². The summed E-state index contributed by atoms with van der Waals surface area (Å²) >= 11 is 1.16. The largest absolute Gasteiger partial charge is 0.301 e. The van der Waals surface area contributed by atoms with Crippen molar-refractivity contribution in [2.75, 3.05) is 0 Å². The first kappa shape index (κ1) is 7.84. The molecule has 0 fully saturated rings. The third kappa shape index (κ3) is 1.86. The van der Waals surface area contributed by atoms with Gasteiger partial charge in [0.05, 0.1) is 0 Å². The van der Waals surface area contributed by atoms with Gasteiger partial charge in [-0.15, -0.1) is 0 Å². The number of halogens is 1. The van der Waals surface area contributed by atoms with Gasteiger partial charge in [-0.05, 0) is 12.1 Å². The monoisotopic (exact) mass is 221 g/mol. The Morgan fingerprint density at radius 2 is 2.40 bits per heavy atom. The first-order chi connectivity index (χ1) is 4.70. The molecule has 0 aliphatic rings. The average Bonchev–Trinajstić information content (AvgIpc) is 1.88. The van der Waals surface area contributed by atoms with Crippen LogP contribution in [0.5, 0.6) is 0 Å². The van der Waals surface area contributed by atoms with E-state index in [4.69, 9.17) is 4.55 Å². The summed E-state index contributed by atoms with van der Waals surface area (Å²) in [5.74, 6) is 0. The minimum atomic E-state index is -1.98. The van der Waals surface area contributed by atoms with Gasteiger partial charge in [-0.2, -0.15) is 0 Å². The lowest BCUT2D eigenvalue weighted by molar-refractivity contribution is 0.560. The summed E-state index contributed by atoms with van der Waals surface area (Å²) in [4.78, 5) is 3.66. The number of hydrogen-bond acceptors (Lipinski definition) is 2. The predicted molar refractivity (Wildman–Crippen MR) is 41.0 cm³/mol. The Morgan fingerprint density at radius 1 is 1.70 bits per heavy atom. The van der Waals surface area contributed by atoms with E-state index < -0.39 is 11.1 Å². The summed E-state index contributed by atoms with van der Waals surface area (Å²) in [6, 6.07) is 3.19. The summed E-state index contributed by atoms with van der Waals surface area (Å²) in [6.45, 7) is 0. The predicted octanol–water partition coefficient (Wildman–Crippen LogP) is 1.42. The zero-order valence-corrected chi connectivity index (χ0v) is 7.22. The molecule has 1 rings (SSSR count). The quantitative estimate of drug-likeness (QED) is 0.731. The molecule has 54 valence electrons. The highest BCUT2D eigenvalue weighted by Crippen LogP contribution is 2.10. The van der Waals surface area contributed by atoms with Crippen LogP contribution in [-0.2, 0) is 11.1 Å². The van der Waals surface area contributed by atoms with Crippen molar-refractivity contribution < 1.29 is 8.76 Å². The Hall–Kier alpha value is -0.260. The van der Waals surface area contributed by atoms with Gasteiger partial charge in [-0.3, -0.25) is 0 Å². The van der Waals surface area contributed by atoms with E-state index >= 15 is 0 Å². The van der Waals surface area contributed by atoms with E-state index in [1.807, 2.05) is 0 Å². The van der Waals surface area contributed by atoms with Gasteiger partial charge in [0.25, 0.3) is 0 Å². The third-order valence-electron chi connectivity index (χ3n) is 0.876. The fraction of sp³-hybridized carbons (Fsp3) is 0. The van der Waals surface area contributed by atoms with Crippen LogP contribution in [0, 0.1) is 0 Å². The molecule has 0 bridgehead atoms. The van der Waals surface area contributed by atoms with Crippen LogP contribution < -0.4 is 0 Å². The molecule has 1 atom stereocenters. The standard InChI is InChI=1S/C5H4BrNO2S/c6-4-1-2-7-5(3-4)10(8)9/h1-3H,(H,8,9). The normalized spacial score (nSPS) is 13.0. The fourth-order valence-corrected chi connectivity index (χ4v) is 1.35. The van der Waals surface area contributed by atoms with Crippen molar-refractivity contribution in [1.82, 2.24) is 4.98 Å². The number of pyridine rings is 1. The Bertz CT molecular complexity index is 266. The molecule has 1 unspecified atom stereocenters. The van der Waals surface area contributed by atoms with Crippen LogP contribution in [0.3, 0.4) is 0 Å². The molecular weight excluding hydrogens is 218 g/mol. The first-order valence-corrected chi connectivity index (χ1v) is 4.32. The lowest BCUT2D eigenvalue weighted by atomic mass is 10.5. The molecule has 0 saturated heterocycles. The molecule has 0 aliphatic carbocycles. The van der Waals surface area contributed by atoms with E-state index in [1.54, 1.807) is 6.07 Å². The van der Waals surface area contributed by atoms with Gasteiger partial charge in [0.1, 0.15) is 0 Å². The molecule has 10 heavy (non-hydrogen) atoms. The average molecular weight is 222 g/mol. The molecule has 1 aromatic heterocycles. The Morgan fingerprint density at radius 3 is 2.80 bits per heavy atom. The van der Waals surface area contributed by atoms with Crippen LogP contribution in [-0.4, -0.2) is 13.7 Å². The third-order valence-corrected chi connectivity index (χ3v) is 1.95. The maximum atomic E-state index is 10.4. The van der Waals surface area contributed by atoms with Crippen molar-refractivity contribution in [2.24, 2.45) is 0 Å². The van der Waals surface area contributed by atoms with Crippen molar-refractivity contribution >= 4 is 27.0 Å². The molecule has 1 aromatic rings. The molecule has 0 radical (unpaired) electrons. The summed E-state index contributed by atoms with van der Waals surface area (Å²) < 4.78 is 19.7. The van der Waals surface area contributed by atoms with Crippen LogP contribution in [0.15, 0.2) is 27.8 Å². The fourth-order valence-electron chi connectivity index (χ4n) is 0.481. The second kappa shape index (κ2) is 3.23. The first-order valence-electron chi connectivity index (χ1n) is 2.42. The van der Waals surface area contributed by atoms with Gasteiger partial charge in [-0.1, -0.05) is 15.9 Å². The van der Waals surface area contributed by atoms with Crippen molar-refractivity contribution in [2.45, 2.75) is 5.03 Å². The van der Waals surface area contributed by atoms with Crippen molar-refractivity contribution in [3.63, 3.8) is 0 Å². The smallest absolute Gasteiger partial charge is 0.205 e. The van der Waals surface area contributed by atoms with Crippen LogP contribution in [0.4, 0.5) is 0 Å². The molecule has 0 aliphatic heterocycles. The van der Waals surface area contributed by atoms with Crippen molar-refractivity contribution in [3.05, 3.63) is 22.8 Å². The molecule has 0 spiro atoms. The summed E-state index contributed by atoms with van der Waals surface area (Å²) in [5.41, 5.74) is 0. The Labute approximate surface area is 68.9 Å². The second-order valence-corrected chi connectivity index (χ2v) is 3.39. The van der Waals surface area contributed by atoms with Gasteiger partial charge in [0.2, 0.25) is 11.1 Å². The number of hydrogen-bond donors (Lipinski definition) is 1. The van der Waals surface area contributed by atoms with E-state index in [-0.39, 0.29) is 5.03 Å². The molecule has 0 saturated carbocycles. The lowest BCUT2D eigenvalue weighted by Crippen LogP contribution is -1.90. The van der Waals surface area contributed by atoms with Gasteiger partial charge in [-0.25, -0.2) is 9.19 Å². The summed E-state index contributed by atoms with van der Waals surface area (Å²) in [6.07, 6.45) is 1.47. The molecule has 0 aromatic carbocycles. The minimum absolute atomic E-state index is 0.161.